The van der Waals surface area contributed by atoms with Gasteiger partial charge in [-0.1, -0.05) is 0 Å². The summed E-state index contributed by atoms with van der Waals surface area (Å²) in [5.41, 5.74) is 2.16. The summed E-state index contributed by atoms with van der Waals surface area (Å²) in [7, 11) is 0. The molecule has 3 aromatic heterocycles. The number of hydrogen-bond donors (Lipinski definition) is 1. The van der Waals surface area contributed by atoms with Crippen molar-refractivity contribution < 1.29 is 9.53 Å². The molecule has 142 valence electrons. The molecular weight excluding hydrogens is 346 g/mol. The van der Waals surface area contributed by atoms with Gasteiger partial charge in [0.1, 0.15) is 5.82 Å². The van der Waals surface area contributed by atoms with E-state index in [0.717, 1.165) is 11.3 Å². The van der Waals surface area contributed by atoms with Crippen molar-refractivity contribution in [1.29, 1.82) is 0 Å². The molecule has 0 bridgehead atoms. The lowest BCUT2D eigenvalue weighted by Gasteiger charge is -2.18. The van der Waals surface area contributed by atoms with E-state index in [2.05, 4.69) is 46.3 Å². The van der Waals surface area contributed by atoms with Crippen LogP contribution in [-0.4, -0.2) is 48.4 Å². The average Bonchev–Trinajstić information content (AvgIpc) is 3.30. The first-order valence-electron chi connectivity index (χ1n) is 8.99. The zero-order chi connectivity index (χ0) is 19.2. The zero-order valence-corrected chi connectivity index (χ0v) is 15.9. The third-order valence-electron chi connectivity index (χ3n) is 4.48. The molecule has 0 spiro atoms. The quantitative estimate of drug-likeness (QED) is 0.749. The molecule has 0 radical (unpaired) electrons. The van der Waals surface area contributed by atoms with Gasteiger partial charge in [0.05, 0.1) is 24.0 Å². The van der Waals surface area contributed by atoms with Gasteiger partial charge in [-0.25, -0.2) is 4.98 Å². The maximum Gasteiger partial charge on any atom is 0.320 e. The molecule has 1 aliphatic heterocycles. The molecule has 1 atom stereocenters. The number of amides is 1. The number of carbonyl (C=O) groups excluding carboxylic acids is 1. The third-order valence-corrected chi connectivity index (χ3v) is 4.48. The minimum atomic E-state index is -0.116. The van der Waals surface area contributed by atoms with Crippen molar-refractivity contribution in [3.8, 4) is 17.3 Å². The van der Waals surface area contributed by atoms with E-state index in [4.69, 9.17) is 4.74 Å². The Kier molecular flexibility index (Phi) is 4.09. The van der Waals surface area contributed by atoms with Crippen molar-refractivity contribution >= 4 is 11.6 Å². The molecule has 27 heavy (non-hydrogen) atoms. The summed E-state index contributed by atoms with van der Waals surface area (Å²) >= 11 is 0. The van der Waals surface area contributed by atoms with Crippen LogP contribution in [0.25, 0.3) is 16.9 Å². The molecule has 4 heterocycles. The normalized spacial score (nSPS) is 17.5. The Morgan fingerprint density at radius 3 is 2.81 bits per heavy atom. The maximum atomic E-state index is 11.4. The summed E-state index contributed by atoms with van der Waals surface area (Å²) in [5.74, 6) is 0.829. The van der Waals surface area contributed by atoms with Crippen molar-refractivity contribution in [3.05, 3.63) is 24.3 Å². The largest absolute Gasteiger partial charge is 0.463 e. The minimum Gasteiger partial charge on any atom is -0.463 e. The van der Waals surface area contributed by atoms with Crippen LogP contribution in [0.1, 0.15) is 33.0 Å². The van der Waals surface area contributed by atoms with Gasteiger partial charge in [-0.3, -0.25) is 9.48 Å². The van der Waals surface area contributed by atoms with Crippen molar-refractivity contribution in [2.45, 2.75) is 39.7 Å². The maximum absolute atomic E-state index is 11.4. The van der Waals surface area contributed by atoms with E-state index < -0.39 is 0 Å². The number of nitrogens with one attached hydrogen (secondary N) is 1. The smallest absolute Gasteiger partial charge is 0.320 e. The van der Waals surface area contributed by atoms with Gasteiger partial charge in [0.2, 0.25) is 5.91 Å². The van der Waals surface area contributed by atoms with Crippen LogP contribution in [0, 0.1) is 12.8 Å². The van der Waals surface area contributed by atoms with Crippen LogP contribution in [0.15, 0.2) is 18.5 Å². The monoisotopic (exact) mass is 369 g/mol. The number of hydrogen-bond acceptors (Lipinski definition) is 6. The molecular formula is C18H23N7O2. The Balaban J connectivity index is 1.67. The van der Waals surface area contributed by atoms with Gasteiger partial charge in [-0.2, -0.15) is 14.6 Å². The molecule has 9 heteroatoms. The molecule has 1 fully saturated rings. The average molecular weight is 369 g/mol. The van der Waals surface area contributed by atoms with E-state index in [1.807, 2.05) is 23.9 Å². The van der Waals surface area contributed by atoms with Gasteiger partial charge < -0.3 is 10.1 Å². The number of ether oxygens (including phenoxy) is 1. The van der Waals surface area contributed by atoms with E-state index in [1.54, 1.807) is 10.7 Å². The molecule has 1 saturated heterocycles. The van der Waals surface area contributed by atoms with E-state index in [1.165, 1.54) is 0 Å². The lowest BCUT2D eigenvalue weighted by atomic mass is 10.1. The summed E-state index contributed by atoms with van der Waals surface area (Å²) in [6.45, 7) is 9.11. The molecule has 1 amide bonds. The van der Waals surface area contributed by atoms with Crippen LogP contribution in [0.5, 0.6) is 6.01 Å². The third kappa shape index (κ3) is 3.49. The van der Waals surface area contributed by atoms with Crippen molar-refractivity contribution in [2.24, 2.45) is 5.92 Å². The first-order chi connectivity index (χ1) is 12.8. The SMILES string of the molecule is Cc1nc2cc(-c3cnn(C(C)(C)C)c3)nc(OC[C@H]3CNC(=O)C3)n2n1. The van der Waals surface area contributed by atoms with Crippen molar-refractivity contribution in [1.82, 2.24) is 34.7 Å². The second-order valence-electron chi connectivity index (χ2n) is 7.88. The standard InChI is InChI=1S/C18H23N7O2/c1-11-21-15-6-14(13-8-20-24(9-13)18(2,3)4)22-17(25(15)23-11)27-10-12-5-16(26)19-7-12/h6,8-9,12H,5,7,10H2,1-4H3,(H,19,26)/t12-/m1/s1. The number of nitrogens with zero attached hydrogens (tertiary/aromatic N) is 6. The molecule has 0 aromatic carbocycles. The predicted octanol–water partition coefficient (Wildman–Crippen LogP) is 1.57. The van der Waals surface area contributed by atoms with E-state index >= 15 is 0 Å². The van der Waals surface area contributed by atoms with E-state index in [9.17, 15) is 4.79 Å². The summed E-state index contributed by atoms with van der Waals surface area (Å²) in [5, 5.41) is 11.6. The highest BCUT2D eigenvalue weighted by Crippen LogP contribution is 2.24. The van der Waals surface area contributed by atoms with Gasteiger partial charge in [0.25, 0.3) is 0 Å². The van der Waals surface area contributed by atoms with Crippen LogP contribution in [0.2, 0.25) is 0 Å². The molecule has 3 aromatic rings. The lowest BCUT2D eigenvalue weighted by molar-refractivity contribution is -0.119. The fraction of sp³-hybridized carbons (Fsp3) is 0.500. The van der Waals surface area contributed by atoms with E-state index in [0.29, 0.717) is 37.1 Å². The topological polar surface area (TPSA) is 99.2 Å². The molecule has 0 unspecified atom stereocenters. The summed E-state index contributed by atoms with van der Waals surface area (Å²) < 4.78 is 9.43. The summed E-state index contributed by atoms with van der Waals surface area (Å²) in [4.78, 5) is 20.5. The van der Waals surface area contributed by atoms with Gasteiger partial charge in [-0.15, -0.1) is 5.10 Å². The highest BCUT2D eigenvalue weighted by atomic mass is 16.5. The molecule has 4 rings (SSSR count). The van der Waals surface area contributed by atoms with Gasteiger partial charge >= 0.3 is 6.01 Å². The number of fused-ring (bicyclic) bond motifs is 1. The van der Waals surface area contributed by atoms with Crippen LogP contribution in [-0.2, 0) is 10.3 Å². The lowest BCUT2D eigenvalue weighted by Crippen LogP contribution is -2.21. The molecule has 9 nitrogen and oxygen atoms in total. The van der Waals surface area contributed by atoms with Crippen molar-refractivity contribution in [2.75, 3.05) is 13.2 Å². The Labute approximate surface area is 156 Å². The predicted molar refractivity (Wildman–Crippen MR) is 98.3 cm³/mol. The summed E-state index contributed by atoms with van der Waals surface area (Å²) in [6, 6.07) is 2.24. The molecule has 1 aliphatic rings. The number of rotatable bonds is 4. The van der Waals surface area contributed by atoms with Crippen molar-refractivity contribution in [3.63, 3.8) is 0 Å². The zero-order valence-electron chi connectivity index (χ0n) is 15.9. The second kappa shape index (κ2) is 6.33. The minimum absolute atomic E-state index is 0.0571. The van der Waals surface area contributed by atoms with Crippen LogP contribution >= 0.6 is 0 Å². The number of aromatic nitrogens is 6. The number of carbonyl (C=O) groups is 1. The molecule has 0 saturated carbocycles. The van der Waals surface area contributed by atoms with E-state index in [-0.39, 0.29) is 17.4 Å². The Morgan fingerprint density at radius 2 is 2.15 bits per heavy atom. The fourth-order valence-corrected chi connectivity index (χ4v) is 3.01. The van der Waals surface area contributed by atoms with Crippen LogP contribution in [0.4, 0.5) is 0 Å². The Hall–Kier alpha value is -2.97. The highest BCUT2D eigenvalue weighted by Gasteiger charge is 2.23. The molecule has 1 N–H and O–H groups in total. The van der Waals surface area contributed by atoms with Gasteiger partial charge in [-0.05, 0) is 27.7 Å². The van der Waals surface area contributed by atoms with Crippen LogP contribution < -0.4 is 10.1 Å². The van der Waals surface area contributed by atoms with Crippen LogP contribution in [0.3, 0.4) is 0 Å². The van der Waals surface area contributed by atoms with Gasteiger partial charge in [0, 0.05) is 36.7 Å². The fourth-order valence-electron chi connectivity index (χ4n) is 3.01. The first-order valence-corrected chi connectivity index (χ1v) is 8.99. The Bertz CT molecular complexity index is 999. The second-order valence-corrected chi connectivity index (χ2v) is 7.88. The summed E-state index contributed by atoms with van der Waals surface area (Å²) in [6.07, 6.45) is 4.22. The first kappa shape index (κ1) is 17.4. The Morgan fingerprint density at radius 1 is 1.33 bits per heavy atom. The molecule has 0 aliphatic carbocycles. The highest BCUT2D eigenvalue weighted by molar-refractivity contribution is 5.78. The van der Waals surface area contributed by atoms with Gasteiger partial charge in [0.15, 0.2) is 5.65 Å². The number of aryl methyl sites for hydroxylation is 1.